The third-order valence-corrected chi connectivity index (χ3v) is 3.03. The van der Waals surface area contributed by atoms with Crippen LogP contribution in [0.2, 0.25) is 0 Å². The Kier molecular flexibility index (Phi) is 5.36. The minimum atomic E-state index is -0.943. The summed E-state index contributed by atoms with van der Waals surface area (Å²) in [5.74, 6) is -2.27. The summed E-state index contributed by atoms with van der Waals surface area (Å²) in [4.78, 5) is 25.1. The van der Waals surface area contributed by atoms with Gasteiger partial charge in [0.05, 0.1) is 11.8 Å². The van der Waals surface area contributed by atoms with Crippen molar-refractivity contribution in [2.24, 2.45) is 11.8 Å². The molecule has 1 amide bonds. The zero-order valence-electron chi connectivity index (χ0n) is 10.4. The minimum absolute atomic E-state index is 0.133. The Morgan fingerprint density at radius 1 is 1.33 bits per heavy atom. The van der Waals surface area contributed by atoms with Crippen LogP contribution in [-0.4, -0.2) is 35.0 Å². The molecule has 2 unspecified atom stereocenters. The molecular formula is C14H19NO3. The largest absolute Gasteiger partial charge is 0.481 e. The van der Waals surface area contributed by atoms with Crippen molar-refractivity contribution >= 4 is 11.9 Å². The molecule has 1 rings (SSSR count). The first-order chi connectivity index (χ1) is 8.61. The fraction of sp³-hybridized carbons (Fsp3) is 0.429. The van der Waals surface area contributed by atoms with Crippen molar-refractivity contribution in [2.75, 3.05) is 13.1 Å². The second kappa shape index (κ2) is 6.79. The van der Waals surface area contributed by atoms with Crippen molar-refractivity contribution in [1.29, 1.82) is 0 Å². The molecule has 1 aliphatic carbocycles. The van der Waals surface area contributed by atoms with E-state index in [1.54, 1.807) is 23.1 Å². The van der Waals surface area contributed by atoms with Gasteiger partial charge in [0, 0.05) is 13.1 Å². The highest BCUT2D eigenvalue weighted by molar-refractivity contribution is 5.86. The lowest BCUT2D eigenvalue weighted by Gasteiger charge is -2.29. The summed E-state index contributed by atoms with van der Waals surface area (Å²) >= 11 is 0. The Bertz CT molecular complexity index is 363. The monoisotopic (exact) mass is 249 g/mol. The van der Waals surface area contributed by atoms with Crippen LogP contribution >= 0.6 is 0 Å². The number of aliphatic carboxylic acids is 1. The van der Waals surface area contributed by atoms with Crippen LogP contribution in [-0.2, 0) is 9.59 Å². The van der Waals surface area contributed by atoms with Crippen LogP contribution < -0.4 is 0 Å². The SMILES string of the molecule is C=CCN(CC=C)C(=O)C1CCC=CC1C(=O)O. The van der Waals surface area contributed by atoms with Crippen LogP contribution in [0.15, 0.2) is 37.5 Å². The number of carbonyl (C=O) groups is 2. The standard InChI is InChI=1S/C14H19NO3/c1-3-9-15(10-4-2)13(16)11-7-5-6-8-12(11)14(17)18/h3-4,6,8,11-12H,1-2,5,7,9-10H2,(H,17,18). The molecule has 4 nitrogen and oxygen atoms in total. The number of carbonyl (C=O) groups excluding carboxylic acids is 1. The maximum atomic E-state index is 12.3. The van der Waals surface area contributed by atoms with Gasteiger partial charge in [-0.05, 0) is 12.8 Å². The summed E-state index contributed by atoms with van der Waals surface area (Å²) in [5.41, 5.74) is 0. The van der Waals surface area contributed by atoms with E-state index >= 15 is 0 Å². The fourth-order valence-electron chi connectivity index (χ4n) is 2.16. The molecule has 2 atom stereocenters. The van der Waals surface area contributed by atoms with E-state index in [0.717, 1.165) is 6.42 Å². The lowest BCUT2D eigenvalue weighted by atomic mass is 9.83. The number of carboxylic acids is 1. The van der Waals surface area contributed by atoms with Crippen molar-refractivity contribution in [3.05, 3.63) is 37.5 Å². The molecule has 0 bridgehead atoms. The fourth-order valence-corrected chi connectivity index (χ4v) is 2.16. The summed E-state index contributed by atoms with van der Waals surface area (Å²) in [6.45, 7) is 8.04. The van der Waals surface area contributed by atoms with Gasteiger partial charge in [0.15, 0.2) is 0 Å². The molecular weight excluding hydrogens is 230 g/mol. The predicted octanol–water partition coefficient (Wildman–Crippen LogP) is 1.85. The second-order valence-corrected chi connectivity index (χ2v) is 4.30. The van der Waals surface area contributed by atoms with Crippen LogP contribution in [0.3, 0.4) is 0 Å². The highest BCUT2D eigenvalue weighted by Gasteiger charge is 2.35. The van der Waals surface area contributed by atoms with Crippen LogP contribution in [0.5, 0.6) is 0 Å². The molecule has 0 saturated carbocycles. The molecule has 0 aromatic carbocycles. The Labute approximate surface area is 107 Å². The van der Waals surface area contributed by atoms with Gasteiger partial charge in [-0.3, -0.25) is 9.59 Å². The van der Waals surface area contributed by atoms with Gasteiger partial charge in [0.25, 0.3) is 0 Å². The first kappa shape index (κ1) is 14.2. The average molecular weight is 249 g/mol. The molecule has 0 heterocycles. The van der Waals surface area contributed by atoms with Gasteiger partial charge in [-0.15, -0.1) is 13.2 Å². The maximum Gasteiger partial charge on any atom is 0.311 e. The van der Waals surface area contributed by atoms with E-state index in [4.69, 9.17) is 5.11 Å². The summed E-state index contributed by atoms with van der Waals surface area (Å²) in [5, 5.41) is 9.14. The number of nitrogens with zero attached hydrogens (tertiary/aromatic N) is 1. The quantitative estimate of drug-likeness (QED) is 0.731. The molecule has 4 heteroatoms. The van der Waals surface area contributed by atoms with Gasteiger partial charge < -0.3 is 10.0 Å². The minimum Gasteiger partial charge on any atom is -0.481 e. The van der Waals surface area contributed by atoms with Crippen molar-refractivity contribution in [3.8, 4) is 0 Å². The Morgan fingerprint density at radius 2 is 1.94 bits per heavy atom. The number of carboxylic acid groups (broad SMARTS) is 1. The normalized spacial score (nSPS) is 22.2. The van der Waals surface area contributed by atoms with Gasteiger partial charge >= 0.3 is 5.97 Å². The lowest BCUT2D eigenvalue weighted by molar-refractivity contribution is -0.148. The van der Waals surface area contributed by atoms with E-state index in [1.165, 1.54) is 0 Å². The number of hydrogen-bond acceptors (Lipinski definition) is 2. The molecule has 1 aliphatic rings. The highest BCUT2D eigenvalue weighted by Crippen LogP contribution is 2.27. The Hall–Kier alpha value is -1.84. The molecule has 0 spiro atoms. The molecule has 0 fully saturated rings. The summed E-state index contributed by atoms with van der Waals surface area (Å²) in [7, 11) is 0. The zero-order chi connectivity index (χ0) is 13.5. The van der Waals surface area contributed by atoms with Crippen LogP contribution in [0.4, 0.5) is 0 Å². The number of amides is 1. The van der Waals surface area contributed by atoms with Crippen molar-refractivity contribution < 1.29 is 14.7 Å². The molecule has 0 aromatic heterocycles. The molecule has 0 radical (unpaired) electrons. The maximum absolute atomic E-state index is 12.3. The lowest BCUT2D eigenvalue weighted by Crippen LogP contribution is -2.41. The number of hydrogen-bond donors (Lipinski definition) is 1. The van der Waals surface area contributed by atoms with Crippen molar-refractivity contribution in [3.63, 3.8) is 0 Å². The Morgan fingerprint density at radius 3 is 2.44 bits per heavy atom. The topological polar surface area (TPSA) is 57.6 Å². The summed E-state index contributed by atoms with van der Waals surface area (Å²) < 4.78 is 0. The van der Waals surface area contributed by atoms with Crippen molar-refractivity contribution in [1.82, 2.24) is 4.90 Å². The van der Waals surface area contributed by atoms with E-state index in [9.17, 15) is 9.59 Å². The van der Waals surface area contributed by atoms with E-state index < -0.39 is 17.8 Å². The van der Waals surface area contributed by atoms with E-state index in [0.29, 0.717) is 19.5 Å². The van der Waals surface area contributed by atoms with Gasteiger partial charge in [0.2, 0.25) is 5.91 Å². The molecule has 98 valence electrons. The first-order valence-corrected chi connectivity index (χ1v) is 6.01. The van der Waals surface area contributed by atoms with E-state index in [-0.39, 0.29) is 5.91 Å². The smallest absolute Gasteiger partial charge is 0.311 e. The number of rotatable bonds is 6. The third-order valence-electron chi connectivity index (χ3n) is 3.03. The molecule has 0 aliphatic heterocycles. The predicted molar refractivity (Wildman–Crippen MR) is 70.0 cm³/mol. The van der Waals surface area contributed by atoms with E-state index in [1.807, 2.05) is 6.08 Å². The summed E-state index contributed by atoms with van der Waals surface area (Å²) in [6, 6.07) is 0. The molecule has 1 N–H and O–H groups in total. The highest BCUT2D eigenvalue weighted by atomic mass is 16.4. The second-order valence-electron chi connectivity index (χ2n) is 4.30. The van der Waals surface area contributed by atoms with Gasteiger partial charge in [-0.2, -0.15) is 0 Å². The number of allylic oxidation sites excluding steroid dienone is 1. The van der Waals surface area contributed by atoms with Crippen LogP contribution in [0, 0.1) is 11.8 Å². The van der Waals surface area contributed by atoms with Gasteiger partial charge in [-0.25, -0.2) is 0 Å². The molecule has 0 aromatic rings. The first-order valence-electron chi connectivity index (χ1n) is 6.01. The Balaban J connectivity index is 2.84. The van der Waals surface area contributed by atoms with E-state index in [2.05, 4.69) is 13.2 Å². The molecule has 0 saturated heterocycles. The van der Waals surface area contributed by atoms with Crippen LogP contribution in [0.1, 0.15) is 12.8 Å². The average Bonchev–Trinajstić information content (AvgIpc) is 2.37. The van der Waals surface area contributed by atoms with Crippen molar-refractivity contribution in [2.45, 2.75) is 12.8 Å². The van der Waals surface area contributed by atoms with Crippen LogP contribution in [0.25, 0.3) is 0 Å². The zero-order valence-corrected chi connectivity index (χ0v) is 10.4. The third kappa shape index (κ3) is 3.32. The summed E-state index contributed by atoms with van der Waals surface area (Å²) in [6.07, 6.45) is 8.04. The molecule has 18 heavy (non-hydrogen) atoms. The van der Waals surface area contributed by atoms with Gasteiger partial charge in [-0.1, -0.05) is 24.3 Å². The van der Waals surface area contributed by atoms with Gasteiger partial charge in [0.1, 0.15) is 0 Å².